The van der Waals surface area contributed by atoms with E-state index in [9.17, 15) is 10.1 Å². The lowest BCUT2D eigenvalue weighted by Gasteiger charge is -2.01. The van der Waals surface area contributed by atoms with Gasteiger partial charge in [0, 0.05) is 29.2 Å². The Kier molecular flexibility index (Phi) is 5.16. The molecule has 0 unspecified atom stereocenters. The van der Waals surface area contributed by atoms with Gasteiger partial charge in [0.15, 0.2) is 0 Å². The fraction of sp³-hybridized carbons (Fsp3) is 0.500. The summed E-state index contributed by atoms with van der Waals surface area (Å²) in [6, 6.07) is 5.02. The molecule has 20 heavy (non-hydrogen) atoms. The van der Waals surface area contributed by atoms with Gasteiger partial charge in [-0.25, -0.2) is 0 Å². The van der Waals surface area contributed by atoms with Crippen LogP contribution in [0.15, 0.2) is 24.4 Å². The molecule has 2 rings (SSSR count). The van der Waals surface area contributed by atoms with Crippen molar-refractivity contribution in [3.05, 3.63) is 40.1 Å². The standard InChI is InChI=1S/C16H22N2O2/c1-2-3-4-5-6-7-8-13-12-17-16-10-9-14(18(19)20)11-15(13)16/h9-12,17H,2-8H2,1H3. The number of unbranched alkanes of at least 4 members (excludes halogenated alkanes) is 5. The molecule has 0 saturated heterocycles. The minimum absolute atomic E-state index is 0.168. The van der Waals surface area contributed by atoms with Crippen LogP contribution in [0, 0.1) is 10.1 Å². The third kappa shape index (κ3) is 3.59. The van der Waals surface area contributed by atoms with Crippen LogP contribution in [0.25, 0.3) is 10.9 Å². The van der Waals surface area contributed by atoms with Crippen molar-refractivity contribution in [3.63, 3.8) is 0 Å². The van der Waals surface area contributed by atoms with E-state index in [1.807, 2.05) is 6.20 Å². The summed E-state index contributed by atoms with van der Waals surface area (Å²) in [6.45, 7) is 2.22. The number of nitro benzene ring substituents is 1. The number of rotatable bonds is 8. The molecule has 0 spiro atoms. The normalized spacial score (nSPS) is 11.1. The fourth-order valence-corrected chi connectivity index (χ4v) is 2.58. The van der Waals surface area contributed by atoms with E-state index in [0.717, 1.165) is 23.7 Å². The van der Waals surface area contributed by atoms with Crippen LogP contribution < -0.4 is 0 Å². The Labute approximate surface area is 119 Å². The average Bonchev–Trinajstić information content (AvgIpc) is 2.85. The maximum absolute atomic E-state index is 10.8. The molecule has 0 radical (unpaired) electrons. The fourth-order valence-electron chi connectivity index (χ4n) is 2.58. The summed E-state index contributed by atoms with van der Waals surface area (Å²) in [5.41, 5.74) is 2.34. The maximum Gasteiger partial charge on any atom is 0.270 e. The van der Waals surface area contributed by atoms with E-state index in [0.29, 0.717) is 0 Å². The van der Waals surface area contributed by atoms with Crippen LogP contribution in [0.2, 0.25) is 0 Å². The van der Waals surface area contributed by atoms with Gasteiger partial charge in [-0.05, 0) is 24.5 Å². The topological polar surface area (TPSA) is 58.9 Å². The number of aryl methyl sites for hydroxylation is 1. The highest BCUT2D eigenvalue weighted by atomic mass is 16.6. The van der Waals surface area contributed by atoms with Gasteiger partial charge in [-0.1, -0.05) is 39.0 Å². The number of nitro groups is 1. The quantitative estimate of drug-likeness (QED) is 0.419. The van der Waals surface area contributed by atoms with Crippen LogP contribution in [0.5, 0.6) is 0 Å². The molecule has 0 aliphatic heterocycles. The second-order valence-corrected chi connectivity index (χ2v) is 5.32. The number of H-pyrrole nitrogens is 1. The third-order valence-electron chi connectivity index (χ3n) is 3.76. The molecular formula is C16H22N2O2. The Balaban J connectivity index is 1.96. The van der Waals surface area contributed by atoms with Crippen molar-refractivity contribution in [3.8, 4) is 0 Å². The first kappa shape index (κ1) is 14.6. The summed E-state index contributed by atoms with van der Waals surface area (Å²) in [7, 11) is 0. The summed E-state index contributed by atoms with van der Waals surface area (Å²) in [6.07, 6.45) is 10.6. The van der Waals surface area contributed by atoms with Crippen LogP contribution >= 0.6 is 0 Å². The number of nitrogens with zero attached hydrogens (tertiary/aromatic N) is 1. The molecule has 0 saturated carbocycles. The molecule has 0 atom stereocenters. The maximum atomic E-state index is 10.8. The lowest BCUT2D eigenvalue weighted by atomic mass is 10.0. The van der Waals surface area contributed by atoms with Gasteiger partial charge in [0.2, 0.25) is 0 Å². The molecule has 1 N–H and O–H groups in total. The van der Waals surface area contributed by atoms with Gasteiger partial charge >= 0.3 is 0 Å². The van der Waals surface area contributed by atoms with Crippen molar-refractivity contribution < 1.29 is 4.92 Å². The van der Waals surface area contributed by atoms with Crippen LogP contribution in [-0.2, 0) is 6.42 Å². The van der Waals surface area contributed by atoms with Gasteiger partial charge < -0.3 is 4.98 Å². The Morgan fingerprint density at radius 1 is 1.15 bits per heavy atom. The molecule has 1 aromatic heterocycles. The molecule has 1 heterocycles. The molecule has 0 amide bonds. The molecular weight excluding hydrogens is 252 g/mol. The van der Waals surface area contributed by atoms with Crippen LogP contribution in [0.4, 0.5) is 5.69 Å². The van der Waals surface area contributed by atoms with E-state index in [1.54, 1.807) is 18.2 Å². The molecule has 0 bridgehead atoms. The minimum Gasteiger partial charge on any atom is -0.361 e. The van der Waals surface area contributed by atoms with E-state index in [1.165, 1.54) is 37.7 Å². The van der Waals surface area contributed by atoms with E-state index in [4.69, 9.17) is 0 Å². The molecule has 2 aromatic rings. The number of fused-ring (bicyclic) bond motifs is 1. The zero-order chi connectivity index (χ0) is 14.4. The van der Waals surface area contributed by atoms with E-state index >= 15 is 0 Å². The predicted molar refractivity (Wildman–Crippen MR) is 82.0 cm³/mol. The predicted octanol–water partition coefficient (Wildman–Crippen LogP) is 4.98. The Morgan fingerprint density at radius 3 is 2.65 bits per heavy atom. The molecule has 1 aromatic carbocycles. The van der Waals surface area contributed by atoms with Crippen molar-refractivity contribution in [2.24, 2.45) is 0 Å². The number of benzene rings is 1. The van der Waals surface area contributed by atoms with Crippen molar-refractivity contribution in [2.75, 3.05) is 0 Å². The first-order valence-corrected chi connectivity index (χ1v) is 7.46. The first-order valence-electron chi connectivity index (χ1n) is 7.46. The summed E-state index contributed by atoms with van der Waals surface area (Å²) in [5.74, 6) is 0. The summed E-state index contributed by atoms with van der Waals surface area (Å²) >= 11 is 0. The van der Waals surface area contributed by atoms with Crippen LogP contribution in [0.1, 0.15) is 51.0 Å². The number of nitrogens with one attached hydrogen (secondary N) is 1. The minimum atomic E-state index is -0.332. The SMILES string of the molecule is CCCCCCCCc1c[nH]c2ccc([N+](=O)[O-])cc12. The lowest BCUT2D eigenvalue weighted by molar-refractivity contribution is -0.384. The lowest BCUT2D eigenvalue weighted by Crippen LogP contribution is -1.88. The van der Waals surface area contributed by atoms with Gasteiger partial charge in [-0.3, -0.25) is 10.1 Å². The molecule has 108 valence electrons. The molecule has 4 heteroatoms. The summed E-state index contributed by atoms with van der Waals surface area (Å²) in [5, 5.41) is 11.8. The van der Waals surface area contributed by atoms with Crippen molar-refractivity contribution in [2.45, 2.75) is 51.9 Å². The summed E-state index contributed by atoms with van der Waals surface area (Å²) in [4.78, 5) is 13.7. The highest BCUT2D eigenvalue weighted by Gasteiger charge is 2.10. The monoisotopic (exact) mass is 274 g/mol. The van der Waals surface area contributed by atoms with Gasteiger partial charge in [0.25, 0.3) is 5.69 Å². The first-order chi connectivity index (χ1) is 9.72. The number of hydrogen-bond acceptors (Lipinski definition) is 2. The highest BCUT2D eigenvalue weighted by molar-refractivity contribution is 5.85. The molecule has 0 aliphatic rings. The number of hydrogen-bond donors (Lipinski definition) is 1. The Hall–Kier alpha value is -1.84. The van der Waals surface area contributed by atoms with E-state index < -0.39 is 0 Å². The van der Waals surface area contributed by atoms with Crippen LogP contribution in [-0.4, -0.2) is 9.91 Å². The zero-order valence-corrected chi connectivity index (χ0v) is 12.0. The van der Waals surface area contributed by atoms with Crippen molar-refractivity contribution in [1.29, 1.82) is 0 Å². The van der Waals surface area contributed by atoms with E-state index in [-0.39, 0.29) is 10.6 Å². The van der Waals surface area contributed by atoms with Crippen molar-refractivity contribution in [1.82, 2.24) is 4.98 Å². The molecule has 0 fully saturated rings. The Morgan fingerprint density at radius 2 is 1.90 bits per heavy atom. The average molecular weight is 274 g/mol. The molecule has 4 nitrogen and oxygen atoms in total. The third-order valence-corrected chi connectivity index (χ3v) is 3.76. The molecule has 0 aliphatic carbocycles. The smallest absolute Gasteiger partial charge is 0.270 e. The van der Waals surface area contributed by atoms with E-state index in [2.05, 4.69) is 11.9 Å². The zero-order valence-electron chi connectivity index (χ0n) is 12.0. The van der Waals surface area contributed by atoms with Crippen molar-refractivity contribution >= 4 is 16.6 Å². The van der Waals surface area contributed by atoms with Crippen LogP contribution in [0.3, 0.4) is 0 Å². The largest absolute Gasteiger partial charge is 0.361 e. The van der Waals surface area contributed by atoms with Gasteiger partial charge in [0.05, 0.1) is 4.92 Å². The van der Waals surface area contributed by atoms with Gasteiger partial charge in [-0.15, -0.1) is 0 Å². The second-order valence-electron chi connectivity index (χ2n) is 5.32. The number of non-ortho nitro benzene ring substituents is 1. The highest BCUT2D eigenvalue weighted by Crippen LogP contribution is 2.25. The van der Waals surface area contributed by atoms with Gasteiger partial charge in [0.1, 0.15) is 0 Å². The Bertz CT molecular complexity index is 575. The summed E-state index contributed by atoms with van der Waals surface area (Å²) < 4.78 is 0. The number of aromatic amines is 1. The van der Waals surface area contributed by atoms with Gasteiger partial charge in [-0.2, -0.15) is 0 Å². The number of aromatic nitrogens is 1. The second kappa shape index (κ2) is 7.08.